The number of aromatic nitrogens is 2. The van der Waals surface area contributed by atoms with E-state index in [-0.39, 0.29) is 23.6 Å². The summed E-state index contributed by atoms with van der Waals surface area (Å²) in [6.07, 6.45) is 6.71. The molecule has 0 bridgehead atoms. The summed E-state index contributed by atoms with van der Waals surface area (Å²) in [5, 5.41) is 12.9. The molecule has 2 aliphatic rings. The van der Waals surface area contributed by atoms with Gasteiger partial charge in [0.15, 0.2) is 11.6 Å². The van der Waals surface area contributed by atoms with Crippen molar-refractivity contribution < 1.29 is 23.0 Å². The van der Waals surface area contributed by atoms with E-state index in [1.807, 2.05) is 13.8 Å². The van der Waals surface area contributed by atoms with Gasteiger partial charge < -0.3 is 24.5 Å². The summed E-state index contributed by atoms with van der Waals surface area (Å²) in [4.78, 5) is 11.9. The molecule has 1 unspecified atom stereocenters. The first kappa shape index (κ1) is 26.6. The number of pyridine rings is 1. The molecular formula is C31H29F2N5O3. The lowest BCUT2D eigenvalue weighted by atomic mass is 10.0. The first-order valence-electron chi connectivity index (χ1n) is 13.7. The number of rotatable bonds is 8. The second kappa shape index (κ2) is 11.1. The predicted octanol–water partition coefficient (Wildman–Crippen LogP) is 7.17. The van der Waals surface area contributed by atoms with Gasteiger partial charge in [-0.05, 0) is 62.1 Å². The molecule has 0 radical (unpaired) electrons. The van der Waals surface area contributed by atoms with Gasteiger partial charge in [-0.2, -0.15) is 5.26 Å². The van der Waals surface area contributed by atoms with Crippen molar-refractivity contribution in [3.05, 3.63) is 66.0 Å². The van der Waals surface area contributed by atoms with E-state index in [2.05, 4.69) is 26.3 Å². The number of nitrogens with zero attached hydrogens (tertiary/aromatic N) is 3. The number of hydrogen-bond acceptors (Lipinski definition) is 7. The number of amidine groups is 1. The largest absolute Gasteiger partial charge is 0.490 e. The molecule has 4 aromatic rings. The van der Waals surface area contributed by atoms with Crippen molar-refractivity contribution in [2.75, 3.05) is 18.5 Å². The van der Waals surface area contributed by atoms with Crippen molar-refractivity contribution in [3.63, 3.8) is 0 Å². The van der Waals surface area contributed by atoms with E-state index in [0.717, 1.165) is 18.4 Å². The Morgan fingerprint density at radius 1 is 1.15 bits per heavy atom. The monoisotopic (exact) mass is 557 g/mol. The third kappa shape index (κ3) is 5.66. The van der Waals surface area contributed by atoms with Gasteiger partial charge in [0.05, 0.1) is 35.9 Å². The van der Waals surface area contributed by atoms with Gasteiger partial charge in [-0.15, -0.1) is 0 Å². The lowest BCUT2D eigenvalue weighted by Gasteiger charge is -2.23. The summed E-state index contributed by atoms with van der Waals surface area (Å²) in [6.45, 7) is 4.87. The number of hydrogen-bond donors (Lipinski definition) is 2. The maximum absolute atomic E-state index is 15.6. The van der Waals surface area contributed by atoms with E-state index >= 15 is 4.39 Å². The maximum atomic E-state index is 15.6. The van der Waals surface area contributed by atoms with Crippen molar-refractivity contribution in [1.29, 1.82) is 5.26 Å². The van der Waals surface area contributed by atoms with E-state index < -0.39 is 17.4 Å². The average molecular weight is 558 g/mol. The van der Waals surface area contributed by atoms with Crippen LogP contribution in [0.4, 0.5) is 14.5 Å². The predicted molar refractivity (Wildman–Crippen MR) is 151 cm³/mol. The molecule has 210 valence electrons. The fourth-order valence-corrected chi connectivity index (χ4v) is 4.97. The second-order valence-corrected chi connectivity index (χ2v) is 10.7. The van der Waals surface area contributed by atoms with Gasteiger partial charge in [-0.1, -0.05) is 18.9 Å². The highest BCUT2D eigenvalue weighted by molar-refractivity contribution is 5.98. The zero-order valence-electron chi connectivity index (χ0n) is 22.7. The Morgan fingerprint density at radius 3 is 2.73 bits per heavy atom. The Kier molecular flexibility index (Phi) is 7.18. The van der Waals surface area contributed by atoms with Crippen molar-refractivity contribution in [1.82, 2.24) is 9.97 Å². The molecule has 41 heavy (non-hydrogen) atoms. The molecule has 10 heteroatoms. The second-order valence-electron chi connectivity index (χ2n) is 10.7. The third-order valence-corrected chi connectivity index (χ3v) is 7.13. The Labute approximate surface area is 236 Å². The zero-order valence-corrected chi connectivity index (χ0v) is 22.7. The fraction of sp³-hybridized carbons (Fsp3) is 0.323. The summed E-state index contributed by atoms with van der Waals surface area (Å²) < 4.78 is 48.0. The maximum Gasteiger partial charge on any atom is 0.289 e. The molecule has 3 heterocycles. The highest BCUT2D eigenvalue weighted by atomic mass is 19.1. The van der Waals surface area contributed by atoms with Crippen LogP contribution < -0.4 is 14.8 Å². The molecule has 1 aliphatic heterocycles. The molecule has 2 aromatic carbocycles. The van der Waals surface area contributed by atoms with E-state index in [1.165, 1.54) is 25.1 Å². The van der Waals surface area contributed by atoms with Gasteiger partial charge in [0.1, 0.15) is 23.2 Å². The Balaban J connectivity index is 1.30. The molecule has 1 saturated carbocycles. The zero-order chi connectivity index (χ0) is 28.5. The highest BCUT2D eigenvalue weighted by Crippen LogP contribution is 2.40. The van der Waals surface area contributed by atoms with Gasteiger partial charge in [0.25, 0.3) is 6.02 Å². The summed E-state index contributed by atoms with van der Waals surface area (Å²) >= 11 is 0. The van der Waals surface area contributed by atoms with Crippen molar-refractivity contribution in [2.24, 2.45) is 16.8 Å². The summed E-state index contributed by atoms with van der Waals surface area (Å²) in [7, 11) is 0. The minimum atomic E-state index is -0.913. The van der Waals surface area contributed by atoms with Crippen molar-refractivity contribution in [3.8, 4) is 34.4 Å². The first-order valence-corrected chi connectivity index (χ1v) is 13.7. The number of nitrogens with one attached hydrogen (secondary N) is 2. The first-order chi connectivity index (χ1) is 19.9. The smallest absolute Gasteiger partial charge is 0.289 e. The Bertz CT molecular complexity index is 1670. The SMILES string of the molecule is CC(C)Oc1cc(-c2c[nH]c3nccc(Oc4c(F)ccc(NC5=NCC(CC6CC6)CO5)c4F)c23)ccc1C#N. The van der Waals surface area contributed by atoms with Crippen LogP contribution in [0.3, 0.4) is 0 Å². The molecule has 1 atom stereocenters. The summed E-state index contributed by atoms with van der Waals surface area (Å²) in [5.74, 6) is -0.578. The number of aromatic amines is 1. The number of ether oxygens (including phenoxy) is 3. The van der Waals surface area contributed by atoms with Gasteiger partial charge in [-0.25, -0.2) is 18.8 Å². The van der Waals surface area contributed by atoms with Gasteiger partial charge >= 0.3 is 0 Å². The topological polar surface area (TPSA) is 105 Å². The molecule has 8 nitrogen and oxygen atoms in total. The highest BCUT2D eigenvalue weighted by Gasteiger charge is 2.28. The quantitative estimate of drug-likeness (QED) is 0.238. The number of aliphatic imine (C=N–C) groups is 1. The summed E-state index contributed by atoms with van der Waals surface area (Å²) in [5.41, 5.74) is 2.24. The van der Waals surface area contributed by atoms with Crippen LogP contribution in [-0.4, -0.2) is 35.2 Å². The molecule has 0 saturated heterocycles. The van der Waals surface area contributed by atoms with Gasteiger partial charge in [0, 0.05) is 23.9 Å². The van der Waals surface area contributed by atoms with E-state index in [1.54, 1.807) is 30.5 Å². The normalized spacial score (nSPS) is 16.7. The number of halogens is 2. The van der Waals surface area contributed by atoms with Crippen LogP contribution in [0.15, 0.2) is 53.8 Å². The molecule has 0 spiro atoms. The standard InChI is InChI=1S/C31H29F2N5O3/c1-17(2)40-26-12-20(5-6-21(26)13-34)22-15-36-30-27(22)25(9-10-35-30)41-29-23(32)7-8-24(28(29)33)38-31-37-14-19(16-39-31)11-18-3-4-18/h5-10,12,15,17-19H,3-4,11,14,16H2,1-2H3,(H,35,36)(H,37,38). The molecule has 0 amide bonds. The molecule has 1 aliphatic carbocycles. The van der Waals surface area contributed by atoms with Crippen molar-refractivity contribution in [2.45, 2.75) is 39.2 Å². The van der Waals surface area contributed by atoms with Crippen LogP contribution in [0.1, 0.15) is 38.7 Å². The number of nitriles is 1. The molecule has 6 rings (SSSR count). The number of H-pyrrole nitrogens is 1. The molecule has 2 aromatic heterocycles. The molecule has 1 fully saturated rings. The van der Waals surface area contributed by atoms with Gasteiger partial charge in [0.2, 0.25) is 5.75 Å². The third-order valence-electron chi connectivity index (χ3n) is 7.13. The Hall–Kier alpha value is -4.65. The van der Waals surface area contributed by atoms with Crippen LogP contribution in [-0.2, 0) is 4.74 Å². The van der Waals surface area contributed by atoms with Gasteiger partial charge in [-0.3, -0.25) is 0 Å². The van der Waals surface area contributed by atoms with Crippen LogP contribution >= 0.6 is 0 Å². The van der Waals surface area contributed by atoms with Crippen LogP contribution in [0.2, 0.25) is 0 Å². The number of fused-ring (bicyclic) bond motifs is 1. The van der Waals surface area contributed by atoms with E-state index in [4.69, 9.17) is 14.2 Å². The average Bonchev–Trinajstić information content (AvgIpc) is 3.67. The minimum absolute atomic E-state index is 0.0112. The summed E-state index contributed by atoms with van der Waals surface area (Å²) in [6, 6.07) is 11.5. The Morgan fingerprint density at radius 2 is 2.00 bits per heavy atom. The van der Waals surface area contributed by atoms with Crippen molar-refractivity contribution >= 4 is 22.7 Å². The molecular weight excluding hydrogens is 528 g/mol. The number of anilines is 1. The van der Waals surface area contributed by atoms with E-state index in [9.17, 15) is 9.65 Å². The molecule has 2 N–H and O–H groups in total. The van der Waals surface area contributed by atoms with Crippen LogP contribution in [0.25, 0.3) is 22.2 Å². The lowest BCUT2D eigenvalue weighted by Crippen LogP contribution is -2.28. The fourth-order valence-electron chi connectivity index (χ4n) is 4.97. The minimum Gasteiger partial charge on any atom is -0.490 e. The lowest BCUT2D eigenvalue weighted by molar-refractivity contribution is 0.207. The van der Waals surface area contributed by atoms with Crippen LogP contribution in [0, 0.1) is 34.8 Å². The van der Waals surface area contributed by atoms with Crippen LogP contribution in [0.5, 0.6) is 17.2 Å². The number of benzene rings is 2. The van der Waals surface area contributed by atoms with E-state index in [0.29, 0.717) is 52.5 Å².